The van der Waals surface area contributed by atoms with Gasteiger partial charge in [-0.25, -0.2) is 14.1 Å². The molecule has 2 unspecified atom stereocenters. The van der Waals surface area contributed by atoms with Gasteiger partial charge in [0.05, 0.1) is 22.9 Å². The average molecular weight is 510 g/mol. The van der Waals surface area contributed by atoms with E-state index in [4.69, 9.17) is 10.1 Å². The molecule has 0 N–H and O–H groups in total. The van der Waals surface area contributed by atoms with E-state index in [0.29, 0.717) is 11.3 Å². The molecule has 3 aromatic heterocycles. The van der Waals surface area contributed by atoms with Gasteiger partial charge in [0.1, 0.15) is 17.3 Å². The van der Waals surface area contributed by atoms with Crippen LogP contribution in [-0.4, -0.2) is 60.5 Å². The predicted molar refractivity (Wildman–Crippen MR) is 145 cm³/mol. The van der Waals surface area contributed by atoms with Crippen molar-refractivity contribution >= 4 is 33.5 Å². The van der Waals surface area contributed by atoms with Crippen LogP contribution in [-0.2, 0) is 11.8 Å². The van der Waals surface area contributed by atoms with Crippen LogP contribution in [0.2, 0.25) is 0 Å². The number of halogens is 1. The standard InChI is InChI=1S/C29H28FN7O/c1-17-5-4-6-22-28(27-23-16-34(3)32-25(23)11-10-24(27)30)33-37(29(17)22)19-9-12-26(31-13-19)36-15-20-7-8-21(36)14-35(20)18(2)38/h4-6,9-13,16,20-21H,7-8,14-15H2,1-3H3. The summed E-state index contributed by atoms with van der Waals surface area (Å²) in [5.74, 6) is 0.732. The number of carbonyl (C=O) groups excluding carboxylic acids is 1. The lowest BCUT2D eigenvalue weighted by atomic mass is 9.90. The molecule has 192 valence electrons. The van der Waals surface area contributed by atoms with Gasteiger partial charge in [-0.3, -0.25) is 9.48 Å². The number of hydrogen-bond donors (Lipinski definition) is 0. The molecule has 0 aliphatic carbocycles. The number of aromatic nitrogens is 5. The molecule has 1 amide bonds. The van der Waals surface area contributed by atoms with E-state index in [0.717, 1.165) is 64.8 Å². The van der Waals surface area contributed by atoms with Crippen molar-refractivity contribution in [3.63, 3.8) is 0 Å². The Bertz CT molecular complexity index is 1720. The zero-order chi connectivity index (χ0) is 26.1. The molecule has 2 bridgehead atoms. The van der Waals surface area contributed by atoms with Crippen LogP contribution in [0.3, 0.4) is 0 Å². The molecule has 0 saturated carbocycles. The summed E-state index contributed by atoms with van der Waals surface area (Å²) in [5, 5.41) is 11.0. The molecule has 9 heteroatoms. The molecular formula is C29H28FN7O. The molecule has 3 saturated heterocycles. The van der Waals surface area contributed by atoms with Gasteiger partial charge in [-0.1, -0.05) is 18.2 Å². The molecule has 3 aliphatic heterocycles. The van der Waals surface area contributed by atoms with Gasteiger partial charge >= 0.3 is 0 Å². The number of aryl methyl sites for hydroxylation is 2. The molecule has 3 fully saturated rings. The Hall–Kier alpha value is -4.27. The Kier molecular flexibility index (Phi) is 5.04. The molecule has 3 aliphatic rings. The summed E-state index contributed by atoms with van der Waals surface area (Å²) in [4.78, 5) is 21.2. The first kappa shape index (κ1) is 22.9. The van der Waals surface area contributed by atoms with Gasteiger partial charge < -0.3 is 9.80 Å². The molecule has 6 heterocycles. The molecule has 8 rings (SSSR count). The highest BCUT2D eigenvalue weighted by molar-refractivity contribution is 6.03. The fourth-order valence-electron chi connectivity index (χ4n) is 6.30. The van der Waals surface area contributed by atoms with Gasteiger partial charge in [-0.2, -0.15) is 10.2 Å². The Morgan fingerprint density at radius 1 is 1.00 bits per heavy atom. The number of piperidine rings is 2. The van der Waals surface area contributed by atoms with E-state index < -0.39 is 0 Å². The predicted octanol–water partition coefficient (Wildman–Crippen LogP) is 4.62. The Morgan fingerprint density at radius 3 is 2.58 bits per heavy atom. The van der Waals surface area contributed by atoms with Crippen molar-refractivity contribution in [1.29, 1.82) is 0 Å². The van der Waals surface area contributed by atoms with Crippen LogP contribution in [0, 0.1) is 12.7 Å². The largest absolute Gasteiger partial charge is 0.350 e. The lowest BCUT2D eigenvalue weighted by molar-refractivity contribution is -0.133. The van der Waals surface area contributed by atoms with E-state index in [1.807, 2.05) is 66.3 Å². The average Bonchev–Trinajstić information content (AvgIpc) is 3.50. The number of hydrogen-bond acceptors (Lipinski definition) is 5. The number of benzene rings is 2. The van der Waals surface area contributed by atoms with Gasteiger partial charge in [0, 0.05) is 61.7 Å². The third kappa shape index (κ3) is 3.41. The van der Waals surface area contributed by atoms with Gasteiger partial charge in [-0.15, -0.1) is 0 Å². The lowest BCUT2D eigenvalue weighted by Gasteiger charge is -2.51. The van der Waals surface area contributed by atoms with Crippen molar-refractivity contribution in [1.82, 2.24) is 29.4 Å². The third-order valence-corrected chi connectivity index (χ3v) is 8.10. The van der Waals surface area contributed by atoms with Crippen molar-refractivity contribution < 1.29 is 9.18 Å². The number of pyridine rings is 1. The van der Waals surface area contributed by atoms with Crippen LogP contribution in [0.4, 0.5) is 10.2 Å². The van der Waals surface area contributed by atoms with Crippen LogP contribution in [0.5, 0.6) is 0 Å². The highest BCUT2D eigenvalue weighted by Gasteiger charge is 2.40. The summed E-state index contributed by atoms with van der Waals surface area (Å²) in [7, 11) is 1.83. The second kappa shape index (κ2) is 8.37. The first-order valence-corrected chi connectivity index (χ1v) is 13.0. The normalized spacial score (nSPS) is 19.2. The minimum atomic E-state index is -0.327. The Balaban J connectivity index is 1.31. The molecule has 2 atom stereocenters. The third-order valence-electron chi connectivity index (χ3n) is 8.10. The lowest BCUT2D eigenvalue weighted by Crippen LogP contribution is -2.64. The van der Waals surface area contributed by atoms with E-state index >= 15 is 4.39 Å². The van der Waals surface area contributed by atoms with E-state index in [1.54, 1.807) is 17.7 Å². The topological polar surface area (TPSA) is 72.1 Å². The van der Waals surface area contributed by atoms with Crippen molar-refractivity contribution in [3.05, 3.63) is 66.2 Å². The highest BCUT2D eigenvalue weighted by atomic mass is 19.1. The van der Waals surface area contributed by atoms with Crippen molar-refractivity contribution in [3.8, 4) is 16.9 Å². The van der Waals surface area contributed by atoms with E-state index in [1.165, 1.54) is 6.07 Å². The summed E-state index contributed by atoms with van der Waals surface area (Å²) >= 11 is 0. The summed E-state index contributed by atoms with van der Waals surface area (Å²) in [6.07, 6.45) is 5.78. The number of fused-ring (bicyclic) bond motifs is 5. The van der Waals surface area contributed by atoms with E-state index in [9.17, 15) is 4.79 Å². The zero-order valence-corrected chi connectivity index (χ0v) is 21.6. The Labute approximate surface area is 219 Å². The maximum Gasteiger partial charge on any atom is 0.219 e. The molecule has 5 aromatic rings. The maximum atomic E-state index is 15.3. The second-order valence-electron chi connectivity index (χ2n) is 10.5. The number of rotatable bonds is 3. The number of nitrogens with zero attached hydrogens (tertiary/aromatic N) is 7. The minimum absolute atomic E-state index is 0.151. The van der Waals surface area contributed by atoms with E-state index in [2.05, 4.69) is 10.00 Å². The fourth-order valence-corrected chi connectivity index (χ4v) is 6.30. The van der Waals surface area contributed by atoms with Crippen molar-refractivity contribution in [2.45, 2.75) is 38.8 Å². The van der Waals surface area contributed by atoms with Crippen LogP contribution < -0.4 is 4.90 Å². The summed E-state index contributed by atoms with van der Waals surface area (Å²) in [6, 6.07) is 13.7. The van der Waals surface area contributed by atoms with Crippen molar-refractivity contribution in [2.75, 3.05) is 18.0 Å². The number of amides is 1. The molecule has 0 radical (unpaired) electrons. The van der Waals surface area contributed by atoms with Gasteiger partial charge in [0.15, 0.2) is 0 Å². The van der Waals surface area contributed by atoms with E-state index in [-0.39, 0.29) is 23.8 Å². The molecule has 0 spiro atoms. The quantitative estimate of drug-likeness (QED) is 0.355. The van der Waals surface area contributed by atoms with Crippen LogP contribution >= 0.6 is 0 Å². The van der Waals surface area contributed by atoms with Gasteiger partial charge in [-0.05, 0) is 49.6 Å². The zero-order valence-electron chi connectivity index (χ0n) is 21.6. The first-order valence-electron chi connectivity index (χ1n) is 13.0. The minimum Gasteiger partial charge on any atom is -0.350 e. The fraction of sp³-hybridized carbons (Fsp3) is 0.310. The highest BCUT2D eigenvalue weighted by Crippen LogP contribution is 2.37. The van der Waals surface area contributed by atoms with Crippen LogP contribution in [0.1, 0.15) is 25.3 Å². The molecular weight excluding hydrogens is 481 g/mol. The monoisotopic (exact) mass is 509 g/mol. The second-order valence-corrected chi connectivity index (χ2v) is 10.5. The number of para-hydroxylation sites is 1. The molecule has 8 nitrogen and oxygen atoms in total. The number of anilines is 1. The number of carbonyl (C=O) groups is 1. The summed E-state index contributed by atoms with van der Waals surface area (Å²) < 4.78 is 18.9. The van der Waals surface area contributed by atoms with Gasteiger partial charge in [0.25, 0.3) is 0 Å². The van der Waals surface area contributed by atoms with Crippen molar-refractivity contribution in [2.24, 2.45) is 7.05 Å². The molecule has 2 aromatic carbocycles. The number of piperazine rings is 1. The van der Waals surface area contributed by atoms with Crippen LogP contribution in [0.15, 0.2) is 54.9 Å². The van der Waals surface area contributed by atoms with Gasteiger partial charge in [0.2, 0.25) is 5.91 Å². The SMILES string of the molecule is CC(=O)N1CC2CCC1CN2c1ccc(-n2nc(-c3c(F)ccc4nn(C)cc34)c3cccc(C)c32)cn1. The maximum absolute atomic E-state index is 15.3. The summed E-state index contributed by atoms with van der Waals surface area (Å²) in [5.41, 5.74) is 4.54. The Morgan fingerprint density at radius 2 is 1.84 bits per heavy atom. The molecule has 38 heavy (non-hydrogen) atoms. The van der Waals surface area contributed by atoms with Crippen LogP contribution in [0.25, 0.3) is 38.8 Å². The first-order chi connectivity index (χ1) is 18.4. The summed E-state index contributed by atoms with van der Waals surface area (Å²) in [6.45, 7) is 5.25. The smallest absolute Gasteiger partial charge is 0.219 e.